The van der Waals surface area contributed by atoms with Gasteiger partial charge in [-0.2, -0.15) is 0 Å². The van der Waals surface area contributed by atoms with Gasteiger partial charge in [-0.1, -0.05) is 0 Å². The molecule has 0 heterocycles. The largest absolute Gasteiger partial charge is 0.508 e. The summed E-state index contributed by atoms with van der Waals surface area (Å²) in [4.78, 5) is 21.9. The number of phenols is 1. The molecule has 0 unspecified atom stereocenters. The molecule has 1 rings (SSSR count). The molecule has 0 fully saturated rings. The van der Waals surface area contributed by atoms with E-state index in [9.17, 15) is 9.59 Å². The molecule has 16 heavy (non-hydrogen) atoms. The van der Waals surface area contributed by atoms with E-state index < -0.39 is 0 Å². The Morgan fingerprint density at radius 2 is 1.88 bits per heavy atom. The number of nitrogens with one attached hydrogen (secondary N) is 1. The topological polar surface area (TPSA) is 92.4 Å². The molecule has 5 nitrogen and oxygen atoms in total. The summed E-state index contributed by atoms with van der Waals surface area (Å²) >= 11 is 0. The van der Waals surface area contributed by atoms with Crippen molar-refractivity contribution in [2.24, 2.45) is 5.73 Å². The van der Waals surface area contributed by atoms with Crippen LogP contribution in [0.2, 0.25) is 0 Å². The zero-order chi connectivity index (χ0) is 12.0. The first kappa shape index (κ1) is 12.0. The molecule has 1 aromatic rings. The van der Waals surface area contributed by atoms with Crippen LogP contribution in [0, 0.1) is 0 Å². The number of hydrogen-bond acceptors (Lipinski definition) is 3. The van der Waals surface area contributed by atoms with E-state index in [-0.39, 0.29) is 24.0 Å². The van der Waals surface area contributed by atoms with E-state index in [0.717, 1.165) is 0 Å². The standard InChI is InChI=1S/C11H14N2O3/c12-10(15)2-1-7-13-11(16)8-3-5-9(14)6-4-8/h3-6,14H,1-2,7H2,(H2,12,15)(H,13,16). The van der Waals surface area contributed by atoms with E-state index in [1.54, 1.807) is 0 Å². The lowest BCUT2D eigenvalue weighted by Gasteiger charge is -2.04. The summed E-state index contributed by atoms with van der Waals surface area (Å²) in [5.74, 6) is -0.492. The molecule has 0 radical (unpaired) electrons. The number of hydrogen-bond donors (Lipinski definition) is 3. The van der Waals surface area contributed by atoms with Crippen LogP contribution in [-0.4, -0.2) is 23.5 Å². The molecule has 0 aliphatic heterocycles. The van der Waals surface area contributed by atoms with Gasteiger partial charge in [-0.05, 0) is 30.7 Å². The first-order chi connectivity index (χ1) is 7.59. The van der Waals surface area contributed by atoms with Crippen molar-refractivity contribution in [3.8, 4) is 5.75 Å². The minimum atomic E-state index is -0.376. The third-order valence-corrected chi connectivity index (χ3v) is 2.02. The summed E-state index contributed by atoms with van der Waals surface area (Å²) in [6, 6.07) is 5.94. The van der Waals surface area contributed by atoms with Gasteiger partial charge >= 0.3 is 0 Å². The van der Waals surface area contributed by atoms with E-state index in [1.165, 1.54) is 24.3 Å². The van der Waals surface area contributed by atoms with Crippen molar-refractivity contribution in [1.82, 2.24) is 5.32 Å². The summed E-state index contributed by atoms with van der Waals surface area (Å²) in [6.45, 7) is 0.405. The van der Waals surface area contributed by atoms with Crippen LogP contribution in [0.1, 0.15) is 23.2 Å². The van der Waals surface area contributed by atoms with Crippen LogP contribution in [0.5, 0.6) is 5.75 Å². The van der Waals surface area contributed by atoms with Crippen LogP contribution in [-0.2, 0) is 4.79 Å². The van der Waals surface area contributed by atoms with Crippen molar-refractivity contribution in [2.45, 2.75) is 12.8 Å². The molecule has 1 aromatic carbocycles. The number of rotatable bonds is 5. The van der Waals surface area contributed by atoms with E-state index >= 15 is 0 Å². The van der Waals surface area contributed by atoms with E-state index in [0.29, 0.717) is 18.5 Å². The fourth-order valence-corrected chi connectivity index (χ4v) is 1.18. The first-order valence-electron chi connectivity index (χ1n) is 4.95. The Balaban J connectivity index is 2.35. The summed E-state index contributed by atoms with van der Waals surface area (Å²) in [7, 11) is 0. The molecular formula is C11H14N2O3. The Bertz CT molecular complexity index is 373. The molecule has 5 heteroatoms. The number of primary amides is 1. The zero-order valence-electron chi connectivity index (χ0n) is 8.77. The summed E-state index contributed by atoms with van der Waals surface area (Å²) in [5.41, 5.74) is 5.43. The van der Waals surface area contributed by atoms with E-state index in [2.05, 4.69) is 5.32 Å². The van der Waals surface area contributed by atoms with Crippen molar-refractivity contribution < 1.29 is 14.7 Å². The fraction of sp³-hybridized carbons (Fsp3) is 0.273. The molecule has 0 spiro atoms. The number of carbonyl (C=O) groups is 2. The van der Waals surface area contributed by atoms with Crippen molar-refractivity contribution >= 4 is 11.8 Å². The highest BCUT2D eigenvalue weighted by Gasteiger charge is 2.04. The number of nitrogens with two attached hydrogens (primary N) is 1. The smallest absolute Gasteiger partial charge is 0.251 e. The Morgan fingerprint density at radius 3 is 2.44 bits per heavy atom. The second-order valence-corrected chi connectivity index (χ2v) is 3.37. The lowest BCUT2D eigenvalue weighted by Crippen LogP contribution is -2.25. The van der Waals surface area contributed by atoms with Gasteiger partial charge in [0.05, 0.1) is 0 Å². The second kappa shape index (κ2) is 5.75. The van der Waals surface area contributed by atoms with Gasteiger partial charge in [-0.25, -0.2) is 0 Å². The Morgan fingerprint density at radius 1 is 1.25 bits per heavy atom. The fourth-order valence-electron chi connectivity index (χ4n) is 1.18. The summed E-state index contributed by atoms with van der Waals surface area (Å²) in [6.07, 6.45) is 0.787. The number of benzene rings is 1. The molecular weight excluding hydrogens is 208 g/mol. The quantitative estimate of drug-likeness (QED) is 0.629. The van der Waals surface area contributed by atoms with Crippen molar-refractivity contribution in [2.75, 3.05) is 6.54 Å². The van der Waals surface area contributed by atoms with Crippen LogP contribution in [0.4, 0.5) is 0 Å². The molecule has 0 aliphatic carbocycles. The number of amides is 2. The predicted molar refractivity (Wildman–Crippen MR) is 58.9 cm³/mol. The lowest BCUT2D eigenvalue weighted by atomic mass is 10.2. The van der Waals surface area contributed by atoms with Crippen LogP contribution in [0.25, 0.3) is 0 Å². The van der Waals surface area contributed by atoms with E-state index in [4.69, 9.17) is 10.8 Å². The molecule has 0 bridgehead atoms. The Kier molecular flexibility index (Phi) is 4.32. The monoisotopic (exact) mass is 222 g/mol. The summed E-state index contributed by atoms with van der Waals surface area (Å²) < 4.78 is 0. The molecule has 0 aromatic heterocycles. The Labute approximate surface area is 93.3 Å². The predicted octanol–water partition coefficient (Wildman–Crippen LogP) is 0.387. The number of aromatic hydroxyl groups is 1. The van der Waals surface area contributed by atoms with Gasteiger partial charge in [-0.3, -0.25) is 9.59 Å². The van der Waals surface area contributed by atoms with Crippen molar-refractivity contribution in [3.63, 3.8) is 0 Å². The highest BCUT2D eigenvalue weighted by Crippen LogP contribution is 2.09. The minimum Gasteiger partial charge on any atom is -0.508 e. The van der Waals surface area contributed by atoms with Gasteiger partial charge in [0.25, 0.3) is 5.91 Å². The minimum absolute atomic E-state index is 0.116. The van der Waals surface area contributed by atoms with Crippen LogP contribution < -0.4 is 11.1 Å². The van der Waals surface area contributed by atoms with Crippen molar-refractivity contribution in [3.05, 3.63) is 29.8 Å². The van der Waals surface area contributed by atoms with Gasteiger partial charge in [0.1, 0.15) is 5.75 Å². The second-order valence-electron chi connectivity index (χ2n) is 3.37. The van der Waals surface area contributed by atoms with Gasteiger partial charge in [-0.15, -0.1) is 0 Å². The molecule has 2 amide bonds. The van der Waals surface area contributed by atoms with Gasteiger partial charge in [0.2, 0.25) is 5.91 Å². The SMILES string of the molecule is NC(=O)CCCNC(=O)c1ccc(O)cc1. The Hall–Kier alpha value is -2.04. The first-order valence-corrected chi connectivity index (χ1v) is 4.95. The average Bonchev–Trinajstić information content (AvgIpc) is 2.25. The number of carbonyl (C=O) groups excluding carboxylic acids is 2. The molecule has 0 aliphatic rings. The molecule has 4 N–H and O–H groups in total. The zero-order valence-corrected chi connectivity index (χ0v) is 8.77. The highest BCUT2D eigenvalue weighted by molar-refractivity contribution is 5.94. The van der Waals surface area contributed by atoms with Crippen molar-refractivity contribution in [1.29, 1.82) is 0 Å². The molecule has 0 atom stereocenters. The number of phenolic OH excluding ortho intramolecular Hbond substituents is 1. The maximum Gasteiger partial charge on any atom is 0.251 e. The third kappa shape index (κ3) is 4.00. The summed E-state index contributed by atoms with van der Waals surface area (Å²) in [5, 5.41) is 11.7. The normalized spacial score (nSPS) is 9.75. The van der Waals surface area contributed by atoms with E-state index in [1.807, 2.05) is 0 Å². The highest BCUT2D eigenvalue weighted by atomic mass is 16.3. The molecule has 0 saturated heterocycles. The van der Waals surface area contributed by atoms with Gasteiger partial charge in [0.15, 0.2) is 0 Å². The molecule has 0 saturated carbocycles. The van der Waals surface area contributed by atoms with Gasteiger partial charge < -0.3 is 16.2 Å². The third-order valence-electron chi connectivity index (χ3n) is 2.02. The van der Waals surface area contributed by atoms with Gasteiger partial charge in [0, 0.05) is 18.5 Å². The maximum atomic E-state index is 11.5. The van der Waals surface area contributed by atoms with Crippen LogP contribution in [0.15, 0.2) is 24.3 Å². The maximum absolute atomic E-state index is 11.5. The average molecular weight is 222 g/mol. The lowest BCUT2D eigenvalue weighted by molar-refractivity contribution is -0.118. The molecule has 86 valence electrons. The van der Waals surface area contributed by atoms with Crippen LogP contribution in [0.3, 0.4) is 0 Å². The van der Waals surface area contributed by atoms with Crippen LogP contribution >= 0.6 is 0 Å².